The van der Waals surface area contributed by atoms with E-state index in [1.54, 1.807) is 18.2 Å². The van der Waals surface area contributed by atoms with Gasteiger partial charge in [-0.3, -0.25) is 9.59 Å². The summed E-state index contributed by atoms with van der Waals surface area (Å²) in [5.74, 6) is -1.13. The number of esters is 1. The average Bonchev–Trinajstić information content (AvgIpc) is 3.14. The molecule has 1 unspecified atom stereocenters. The van der Waals surface area contributed by atoms with Crippen molar-refractivity contribution in [1.29, 1.82) is 0 Å². The van der Waals surface area contributed by atoms with E-state index < -0.39 is 24.0 Å². The first-order valence-electron chi connectivity index (χ1n) is 8.64. The zero-order valence-electron chi connectivity index (χ0n) is 15.3. The molecule has 2 amide bonds. The maximum Gasteiger partial charge on any atom is 0.328 e. The van der Waals surface area contributed by atoms with Crippen LogP contribution in [0.15, 0.2) is 41.5 Å². The first-order chi connectivity index (χ1) is 12.9. The number of nitrogens with one attached hydrogen (secondary N) is 2. The summed E-state index contributed by atoms with van der Waals surface area (Å²) in [5.41, 5.74) is 0. The van der Waals surface area contributed by atoms with E-state index in [9.17, 15) is 19.5 Å². The van der Waals surface area contributed by atoms with E-state index in [1.165, 1.54) is 25.4 Å². The van der Waals surface area contributed by atoms with Gasteiger partial charge < -0.3 is 20.5 Å². The molecule has 146 valence electrons. The third-order valence-electron chi connectivity index (χ3n) is 4.19. The van der Waals surface area contributed by atoms with Crippen LogP contribution >= 0.6 is 11.3 Å². The third kappa shape index (κ3) is 6.56. The summed E-state index contributed by atoms with van der Waals surface area (Å²) in [7, 11) is 1.26. The Morgan fingerprint density at radius 1 is 1.33 bits per heavy atom. The molecule has 3 atom stereocenters. The second-order valence-electron chi connectivity index (χ2n) is 6.34. The summed E-state index contributed by atoms with van der Waals surface area (Å²) in [4.78, 5) is 37.3. The number of aliphatic hydroxyl groups is 1. The Bertz CT molecular complexity index is 726. The van der Waals surface area contributed by atoms with Crippen LogP contribution in [0.2, 0.25) is 0 Å². The average molecular weight is 392 g/mol. The number of carbonyl (C=O) groups excluding carboxylic acids is 3. The molecule has 3 N–H and O–H groups in total. The smallest absolute Gasteiger partial charge is 0.328 e. The van der Waals surface area contributed by atoms with Gasteiger partial charge in [0.2, 0.25) is 11.8 Å². The molecule has 1 aliphatic rings. The van der Waals surface area contributed by atoms with E-state index in [0.717, 1.165) is 4.88 Å². The molecular weight excluding hydrogens is 368 g/mol. The van der Waals surface area contributed by atoms with Crippen molar-refractivity contribution in [2.24, 2.45) is 5.92 Å². The standard InChI is InChI=1S/C19H24N2O5S/c1-12(22)20-16(11-15-4-3-9-27-15)18(24)21-17(19(25)26-2)10-13-5-7-14(23)8-6-13/h3-5,7-9,13,16-17,23H,6,10-11H2,1-2H3,(H,20,22)(H,21,24)/t13?,16-,17-/m0/s1. The molecule has 0 saturated heterocycles. The normalized spacial score (nSPS) is 18.1. The maximum atomic E-state index is 12.7. The summed E-state index contributed by atoms with van der Waals surface area (Å²) >= 11 is 1.49. The van der Waals surface area contributed by atoms with Gasteiger partial charge in [-0.15, -0.1) is 11.3 Å². The number of hydrogen-bond acceptors (Lipinski definition) is 6. The summed E-state index contributed by atoms with van der Waals surface area (Å²) < 4.78 is 4.81. The van der Waals surface area contributed by atoms with E-state index in [0.29, 0.717) is 19.3 Å². The zero-order valence-corrected chi connectivity index (χ0v) is 16.1. The van der Waals surface area contributed by atoms with Crippen molar-refractivity contribution in [3.05, 3.63) is 46.4 Å². The van der Waals surface area contributed by atoms with Crippen molar-refractivity contribution in [3.8, 4) is 0 Å². The van der Waals surface area contributed by atoms with Gasteiger partial charge in [0.1, 0.15) is 17.8 Å². The van der Waals surface area contributed by atoms with Gasteiger partial charge in [0.05, 0.1) is 7.11 Å². The van der Waals surface area contributed by atoms with Crippen molar-refractivity contribution < 1.29 is 24.2 Å². The lowest BCUT2D eigenvalue weighted by atomic mass is 9.92. The minimum Gasteiger partial charge on any atom is -0.508 e. The molecule has 1 aromatic rings. The largest absolute Gasteiger partial charge is 0.508 e. The molecule has 1 heterocycles. The van der Waals surface area contributed by atoms with Crippen LogP contribution in [0.3, 0.4) is 0 Å². The van der Waals surface area contributed by atoms with Gasteiger partial charge in [0.15, 0.2) is 0 Å². The number of aliphatic hydroxyl groups excluding tert-OH is 1. The van der Waals surface area contributed by atoms with E-state index in [4.69, 9.17) is 4.74 Å². The fraction of sp³-hybridized carbons (Fsp3) is 0.421. The molecule has 0 fully saturated rings. The predicted octanol–water partition coefficient (Wildman–Crippen LogP) is 1.86. The van der Waals surface area contributed by atoms with Crippen molar-refractivity contribution in [3.63, 3.8) is 0 Å². The van der Waals surface area contributed by atoms with Crippen LogP contribution < -0.4 is 10.6 Å². The fourth-order valence-corrected chi connectivity index (χ4v) is 3.60. The van der Waals surface area contributed by atoms with Crippen LogP contribution in [0.25, 0.3) is 0 Å². The van der Waals surface area contributed by atoms with Crippen molar-refractivity contribution in [2.75, 3.05) is 7.11 Å². The third-order valence-corrected chi connectivity index (χ3v) is 5.09. The molecule has 0 spiro atoms. The maximum absolute atomic E-state index is 12.7. The summed E-state index contributed by atoms with van der Waals surface area (Å²) in [5, 5.41) is 16.7. The summed E-state index contributed by atoms with van der Waals surface area (Å²) in [6.45, 7) is 1.35. The van der Waals surface area contributed by atoms with E-state index >= 15 is 0 Å². The van der Waals surface area contributed by atoms with Crippen LogP contribution in [0.5, 0.6) is 0 Å². The SMILES string of the molecule is COC(=O)[C@H](CC1C=CC(O)=CC1)NC(=O)[C@H](Cc1cccs1)NC(C)=O. The van der Waals surface area contributed by atoms with Crippen LogP contribution in [-0.4, -0.2) is 42.1 Å². The van der Waals surface area contributed by atoms with Gasteiger partial charge >= 0.3 is 5.97 Å². The van der Waals surface area contributed by atoms with Gasteiger partial charge in [-0.1, -0.05) is 12.1 Å². The Balaban J connectivity index is 2.05. The fourth-order valence-electron chi connectivity index (χ4n) is 2.84. The highest BCUT2D eigenvalue weighted by molar-refractivity contribution is 7.09. The number of carbonyl (C=O) groups is 3. The molecule has 0 radical (unpaired) electrons. The van der Waals surface area contributed by atoms with Crippen LogP contribution in [0.1, 0.15) is 24.6 Å². The zero-order chi connectivity index (χ0) is 19.8. The molecule has 0 bridgehead atoms. The molecule has 7 nitrogen and oxygen atoms in total. The second kappa shape index (κ2) is 9.91. The van der Waals surface area contributed by atoms with Crippen LogP contribution in [-0.2, 0) is 25.5 Å². The minimum absolute atomic E-state index is 0.0122. The molecule has 0 aliphatic heterocycles. The van der Waals surface area contributed by atoms with Crippen molar-refractivity contribution in [1.82, 2.24) is 10.6 Å². The van der Waals surface area contributed by atoms with Crippen LogP contribution in [0, 0.1) is 5.92 Å². The quantitative estimate of drug-likeness (QED) is 0.586. The van der Waals surface area contributed by atoms with Gasteiger partial charge in [-0.2, -0.15) is 0 Å². The van der Waals surface area contributed by atoms with Crippen LogP contribution in [0.4, 0.5) is 0 Å². The van der Waals surface area contributed by atoms with Crippen molar-refractivity contribution in [2.45, 2.75) is 38.3 Å². The first kappa shape index (κ1) is 20.7. The number of hydrogen-bond donors (Lipinski definition) is 3. The topological polar surface area (TPSA) is 105 Å². The Morgan fingerprint density at radius 3 is 2.67 bits per heavy atom. The Morgan fingerprint density at radius 2 is 2.11 bits per heavy atom. The highest BCUT2D eigenvalue weighted by atomic mass is 32.1. The van der Waals surface area contributed by atoms with E-state index in [2.05, 4.69) is 10.6 Å². The van der Waals surface area contributed by atoms with Gasteiger partial charge in [-0.05, 0) is 42.4 Å². The summed E-state index contributed by atoms with van der Waals surface area (Å²) in [6.07, 6.45) is 6.28. The highest BCUT2D eigenvalue weighted by Crippen LogP contribution is 2.20. The molecule has 0 saturated carbocycles. The van der Waals surface area contributed by atoms with E-state index in [1.807, 2.05) is 17.5 Å². The highest BCUT2D eigenvalue weighted by Gasteiger charge is 2.29. The Labute approximate surface area is 162 Å². The number of allylic oxidation sites excluding steroid dienone is 3. The molecule has 1 aromatic heterocycles. The Hall–Kier alpha value is -2.61. The lowest BCUT2D eigenvalue weighted by molar-refractivity contribution is -0.145. The molecule has 0 aromatic carbocycles. The van der Waals surface area contributed by atoms with E-state index in [-0.39, 0.29) is 17.6 Å². The van der Waals surface area contributed by atoms with Gasteiger partial charge in [0, 0.05) is 18.2 Å². The number of thiophene rings is 1. The van der Waals surface area contributed by atoms with Crippen molar-refractivity contribution >= 4 is 29.1 Å². The number of amides is 2. The number of ether oxygens (including phenoxy) is 1. The minimum atomic E-state index is -0.842. The van der Waals surface area contributed by atoms with Gasteiger partial charge in [-0.25, -0.2) is 4.79 Å². The molecular formula is C19H24N2O5S. The van der Waals surface area contributed by atoms with Gasteiger partial charge in [0.25, 0.3) is 0 Å². The number of methoxy groups -OCH3 is 1. The summed E-state index contributed by atoms with van der Waals surface area (Å²) in [6, 6.07) is 2.14. The molecule has 1 aliphatic carbocycles. The number of rotatable bonds is 8. The lowest BCUT2D eigenvalue weighted by Gasteiger charge is -2.24. The monoisotopic (exact) mass is 392 g/mol. The second-order valence-corrected chi connectivity index (χ2v) is 7.37. The first-order valence-corrected chi connectivity index (χ1v) is 9.52. The Kier molecular flexibility index (Phi) is 7.60. The molecule has 2 rings (SSSR count). The lowest BCUT2D eigenvalue weighted by Crippen LogP contribution is -2.52. The predicted molar refractivity (Wildman–Crippen MR) is 102 cm³/mol. The molecule has 8 heteroatoms. The molecule has 27 heavy (non-hydrogen) atoms.